The van der Waals surface area contributed by atoms with Crippen LogP contribution in [0.25, 0.3) is 10.2 Å². The molecule has 0 bridgehead atoms. The molecule has 1 aliphatic heterocycles. The average Bonchev–Trinajstić information content (AvgIpc) is 2.90. The smallest absolute Gasteiger partial charge is 0.321 e. The van der Waals surface area contributed by atoms with Gasteiger partial charge >= 0.3 is 6.03 Å². The van der Waals surface area contributed by atoms with E-state index in [-0.39, 0.29) is 12.8 Å². The van der Waals surface area contributed by atoms with E-state index < -0.39 is 0 Å². The van der Waals surface area contributed by atoms with Gasteiger partial charge in [0.15, 0.2) is 16.6 Å². The molecule has 0 spiro atoms. The third-order valence-electron chi connectivity index (χ3n) is 2.44. The van der Waals surface area contributed by atoms with Crippen molar-refractivity contribution in [2.24, 2.45) is 0 Å². The van der Waals surface area contributed by atoms with Crippen molar-refractivity contribution in [3.63, 3.8) is 0 Å². The molecule has 0 saturated carbocycles. The molecule has 94 valence electrons. The van der Waals surface area contributed by atoms with Gasteiger partial charge in [-0.25, -0.2) is 9.78 Å². The van der Waals surface area contributed by atoms with Crippen LogP contribution >= 0.6 is 11.3 Å². The molecule has 2 heterocycles. The highest BCUT2D eigenvalue weighted by Crippen LogP contribution is 2.38. The number of carbonyl (C=O) groups excluding carboxylic acids is 1. The van der Waals surface area contributed by atoms with Crippen molar-refractivity contribution in [3.05, 3.63) is 12.1 Å². The SMILES string of the molecule is CCNC(=O)Nc1nc2cc3c(cc2s1)OCO3. The lowest BCUT2D eigenvalue weighted by Crippen LogP contribution is -2.28. The van der Waals surface area contributed by atoms with Gasteiger partial charge in [-0.1, -0.05) is 11.3 Å². The number of urea groups is 1. The number of hydrogen-bond acceptors (Lipinski definition) is 5. The van der Waals surface area contributed by atoms with E-state index in [0.29, 0.717) is 17.4 Å². The van der Waals surface area contributed by atoms with Crippen LogP contribution in [0.4, 0.5) is 9.93 Å². The average molecular weight is 265 g/mol. The van der Waals surface area contributed by atoms with Crippen molar-refractivity contribution in [1.82, 2.24) is 10.3 Å². The fraction of sp³-hybridized carbons (Fsp3) is 0.273. The zero-order valence-corrected chi connectivity index (χ0v) is 10.5. The van der Waals surface area contributed by atoms with Gasteiger partial charge in [0.05, 0.1) is 10.2 Å². The van der Waals surface area contributed by atoms with Gasteiger partial charge in [-0.15, -0.1) is 0 Å². The van der Waals surface area contributed by atoms with Crippen molar-refractivity contribution >= 4 is 32.7 Å². The van der Waals surface area contributed by atoms with Gasteiger partial charge in [0.2, 0.25) is 6.79 Å². The summed E-state index contributed by atoms with van der Waals surface area (Å²) in [7, 11) is 0. The van der Waals surface area contributed by atoms with Crippen LogP contribution in [0.1, 0.15) is 6.92 Å². The number of aromatic nitrogens is 1. The van der Waals surface area contributed by atoms with Crippen molar-refractivity contribution in [3.8, 4) is 11.5 Å². The Kier molecular flexibility index (Phi) is 2.67. The zero-order chi connectivity index (χ0) is 12.5. The van der Waals surface area contributed by atoms with E-state index >= 15 is 0 Å². The number of nitrogens with zero attached hydrogens (tertiary/aromatic N) is 1. The topological polar surface area (TPSA) is 72.5 Å². The second kappa shape index (κ2) is 4.34. The molecule has 2 N–H and O–H groups in total. The monoisotopic (exact) mass is 265 g/mol. The van der Waals surface area contributed by atoms with E-state index in [2.05, 4.69) is 15.6 Å². The predicted molar refractivity (Wildman–Crippen MR) is 68.4 cm³/mol. The Morgan fingerprint density at radius 3 is 3.00 bits per heavy atom. The van der Waals surface area contributed by atoms with Gasteiger partial charge in [0, 0.05) is 18.7 Å². The molecule has 3 rings (SSSR count). The summed E-state index contributed by atoms with van der Waals surface area (Å²) in [6.45, 7) is 2.68. The first kappa shape index (κ1) is 11.1. The van der Waals surface area contributed by atoms with Gasteiger partial charge < -0.3 is 14.8 Å². The number of ether oxygens (including phenoxy) is 2. The minimum Gasteiger partial charge on any atom is -0.454 e. The summed E-state index contributed by atoms with van der Waals surface area (Å²) in [5.74, 6) is 1.41. The number of carbonyl (C=O) groups is 1. The summed E-state index contributed by atoms with van der Waals surface area (Å²) in [6.07, 6.45) is 0. The van der Waals surface area contributed by atoms with E-state index in [4.69, 9.17) is 9.47 Å². The van der Waals surface area contributed by atoms with Gasteiger partial charge in [0.1, 0.15) is 0 Å². The van der Waals surface area contributed by atoms with E-state index in [1.165, 1.54) is 11.3 Å². The van der Waals surface area contributed by atoms with Crippen LogP contribution in [0.15, 0.2) is 12.1 Å². The summed E-state index contributed by atoms with van der Waals surface area (Å²) in [4.78, 5) is 15.7. The van der Waals surface area contributed by atoms with Crippen LogP contribution in [0.2, 0.25) is 0 Å². The van der Waals surface area contributed by atoms with Crippen LogP contribution in [-0.2, 0) is 0 Å². The van der Waals surface area contributed by atoms with Crippen molar-refractivity contribution < 1.29 is 14.3 Å². The first-order chi connectivity index (χ1) is 8.76. The molecule has 18 heavy (non-hydrogen) atoms. The van der Waals surface area contributed by atoms with Crippen LogP contribution in [-0.4, -0.2) is 24.4 Å². The maximum atomic E-state index is 11.4. The largest absolute Gasteiger partial charge is 0.454 e. The van der Waals surface area contributed by atoms with Gasteiger partial charge in [-0.3, -0.25) is 5.32 Å². The second-order valence-corrected chi connectivity index (χ2v) is 4.71. The Balaban J connectivity index is 1.90. The Morgan fingerprint density at radius 2 is 2.22 bits per heavy atom. The summed E-state index contributed by atoms with van der Waals surface area (Å²) in [5.41, 5.74) is 0.788. The van der Waals surface area contributed by atoms with Crippen LogP contribution in [0, 0.1) is 0 Å². The molecule has 1 aliphatic rings. The van der Waals surface area contributed by atoms with Crippen molar-refractivity contribution in [2.45, 2.75) is 6.92 Å². The molecule has 0 radical (unpaired) electrons. The summed E-state index contributed by atoms with van der Waals surface area (Å²) in [6, 6.07) is 3.44. The number of rotatable bonds is 2. The molecule has 0 unspecified atom stereocenters. The number of anilines is 1. The maximum absolute atomic E-state index is 11.4. The maximum Gasteiger partial charge on any atom is 0.321 e. The predicted octanol–water partition coefficient (Wildman–Crippen LogP) is 2.17. The molecule has 0 saturated heterocycles. The number of amides is 2. The highest BCUT2D eigenvalue weighted by atomic mass is 32.1. The lowest BCUT2D eigenvalue weighted by atomic mass is 10.3. The Labute approximate surface area is 107 Å². The highest BCUT2D eigenvalue weighted by Gasteiger charge is 2.16. The molecular weight excluding hydrogens is 254 g/mol. The minimum atomic E-state index is -0.253. The fourth-order valence-electron chi connectivity index (χ4n) is 1.67. The molecule has 2 aromatic rings. The second-order valence-electron chi connectivity index (χ2n) is 3.68. The molecule has 0 fully saturated rings. The summed E-state index contributed by atoms with van der Waals surface area (Å²) < 4.78 is 11.5. The fourth-order valence-corrected chi connectivity index (χ4v) is 2.54. The third-order valence-corrected chi connectivity index (χ3v) is 3.37. The van der Waals surface area contributed by atoms with E-state index in [1.807, 2.05) is 19.1 Å². The van der Waals surface area contributed by atoms with E-state index in [0.717, 1.165) is 16.0 Å². The van der Waals surface area contributed by atoms with Gasteiger partial charge in [0.25, 0.3) is 0 Å². The normalized spacial score (nSPS) is 12.7. The Bertz CT molecular complexity index is 570. The molecule has 1 aromatic carbocycles. The van der Waals surface area contributed by atoms with Crippen LogP contribution < -0.4 is 20.1 Å². The zero-order valence-electron chi connectivity index (χ0n) is 9.65. The highest BCUT2D eigenvalue weighted by molar-refractivity contribution is 7.22. The Morgan fingerprint density at radius 1 is 1.44 bits per heavy atom. The lowest BCUT2D eigenvalue weighted by molar-refractivity contribution is 0.174. The van der Waals surface area contributed by atoms with E-state index in [1.54, 1.807) is 0 Å². The quantitative estimate of drug-likeness (QED) is 0.872. The standard InChI is InChI=1S/C11H11N3O3S/c1-2-12-10(15)14-11-13-6-3-7-8(17-5-16-7)4-9(6)18-11/h3-4H,2,5H2,1H3,(H2,12,13,14,15). The van der Waals surface area contributed by atoms with Gasteiger partial charge in [-0.2, -0.15) is 0 Å². The molecule has 6 nitrogen and oxygen atoms in total. The number of thiazole rings is 1. The molecule has 7 heteroatoms. The number of benzene rings is 1. The van der Waals surface area contributed by atoms with Crippen molar-refractivity contribution in [2.75, 3.05) is 18.7 Å². The lowest BCUT2D eigenvalue weighted by Gasteiger charge is -2.00. The summed E-state index contributed by atoms with van der Waals surface area (Å²) >= 11 is 1.40. The first-order valence-electron chi connectivity index (χ1n) is 5.51. The van der Waals surface area contributed by atoms with Crippen LogP contribution in [0.5, 0.6) is 11.5 Å². The van der Waals surface area contributed by atoms with Gasteiger partial charge in [-0.05, 0) is 6.92 Å². The molecular formula is C11H11N3O3S. The van der Waals surface area contributed by atoms with Crippen LogP contribution in [0.3, 0.4) is 0 Å². The van der Waals surface area contributed by atoms with E-state index in [9.17, 15) is 4.79 Å². The molecule has 0 aliphatic carbocycles. The Hall–Kier alpha value is -2.02. The minimum absolute atomic E-state index is 0.247. The van der Waals surface area contributed by atoms with Crippen molar-refractivity contribution in [1.29, 1.82) is 0 Å². The third kappa shape index (κ3) is 1.92. The molecule has 1 aromatic heterocycles. The summed E-state index contributed by atoms with van der Waals surface area (Å²) in [5, 5.41) is 5.89. The number of fused-ring (bicyclic) bond motifs is 2. The number of nitrogens with one attached hydrogen (secondary N) is 2. The molecule has 0 atom stereocenters. The molecule has 2 amide bonds. The number of hydrogen-bond donors (Lipinski definition) is 2. The first-order valence-corrected chi connectivity index (χ1v) is 6.33.